The number of aromatic nitrogens is 1. The van der Waals surface area contributed by atoms with Crippen LogP contribution in [0.1, 0.15) is 18.4 Å². The number of anilines is 1. The van der Waals surface area contributed by atoms with Crippen LogP contribution in [-0.2, 0) is 0 Å². The zero-order valence-corrected chi connectivity index (χ0v) is 15.6. The van der Waals surface area contributed by atoms with Crippen molar-refractivity contribution in [2.45, 2.75) is 19.8 Å². The molecule has 3 rings (SSSR count). The molecule has 0 atom stereocenters. The van der Waals surface area contributed by atoms with Crippen LogP contribution in [0.3, 0.4) is 0 Å². The number of nitrogens with two attached hydrogens (primary N) is 1. The Labute approximate surface area is 154 Å². The van der Waals surface area contributed by atoms with Gasteiger partial charge in [0.25, 0.3) is 0 Å². The van der Waals surface area contributed by atoms with Crippen LogP contribution in [0.25, 0.3) is 21.8 Å². The molecular weight excluding hydrogens is 324 g/mol. The summed E-state index contributed by atoms with van der Waals surface area (Å²) in [6.45, 7) is 5.63. The predicted octanol–water partition coefficient (Wildman–Crippen LogP) is 3.07. The van der Waals surface area contributed by atoms with E-state index in [1.807, 2.05) is 37.3 Å². The van der Waals surface area contributed by atoms with Crippen molar-refractivity contribution in [2.24, 2.45) is 5.73 Å². The molecule has 0 bridgehead atoms. The van der Waals surface area contributed by atoms with Gasteiger partial charge in [0.05, 0.1) is 10.9 Å². The summed E-state index contributed by atoms with van der Waals surface area (Å²) in [7, 11) is 2.12. The molecule has 0 fully saturated rings. The molecule has 0 unspecified atom stereocenters. The lowest BCUT2D eigenvalue weighted by atomic mass is 10.0. The fourth-order valence-corrected chi connectivity index (χ4v) is 3.36. The Kier molecular flexibility index (Phi) is 5.91. The maximum atomic E-state index is 13.0. The van der Waals surface area contributed by atoms with E-state index in [1.165, 1.54) is 0 Å². The Hall–Kier alpha value is -2.37. The predicted molar refractivity (Wildman–Crippen MR) is 111 cm³/mol. The molecule has 26 heavy (non-hydrogen) atoms. The van der Waals surface area contributed by atoms with Crippen molar-refractivity contribution in [3.63, 3.8) is 0 Å². The minimum absolute atomic E-state index is 0.0839. The number of aryl methyl sites for hydroxylation is 1. The molecule has 3 aromatic rings. The van der Waals surface area contributed by atoms with Crippen LogP contribution in [0.2, 0.25) is 0 Å². The summed E-state index contributed by atoms with van der Waals surface area (Å²) >= 11 is 0. The average molecular weight is 352 g/mol. The first kappa shape index (κ1) is 18.4. The molecule has 0 saturated heterocycles. The van der Waals surface area contributed by atoms with E-state index in [1.54, 1.807) is 0 Å². The highest BCUT2D eigenvalue weighted by Gasteiger charge is 2.11. The van der Waals surface area contributed by atoms with Gasteiger partial charge in [0.2, 0.25) is 0 Å². The van der Waals surface area contributed by atoms with Crippen LogP contribution >= 0.6 is 0 Å². The maximum absolute atomic E-state index is 13.0. The van der Waals surface area contributed by atoms with Gasteiger partial charge in [0.1, 0.15) is 0 Å². The molecule has 0 aliphatic heterocycles. The zero-order chi connectivity index (χ0) is 18.5. The van der Waals surface area contributed by atoms with Crippen LogP contribution in [0.4, 0.5) is 5.69 Å². The largest absolute Gasteiger partial charge is 0.384 e. The number of nitrogens with zero attached hydrogens (tertiary/aromatic N) is 1. The number of H-pyrrole nitrogens is 1. The van der Waals surface area contributed by atoms with Crippen molar-refractivity contribution in [3.8, 4) is 0 Å². The van der Waals surface area contributed by atoms with Crippen LogP contribution in [-0.4, -0.2) is 43.1 Å². The van der Waals surface area contributed by atoms with Crippen molar-refractivity contribution < 1.29 is 0 Å². The quantitative estimate of drug-likeness (QED) is 0.430. The normalized spacial score (nSPS) is 11.5. The molecule has 1 aromatic heterocycles. The molecule has 0 amide bonds. The van der Waals surface area contributed by atoms with Crippen LogP contribution in [0, 0.1) is 6.92 Å². The third-order valence-corrected chi connectivity index (χ3v) is 4.85. The second kappa shape index (κ2) is 8.34. The van der Waals surface area contributed by atoms with Crippen molar-refractivity contribution in [3.05, 3.63) is 52.2 Å². The molecular formula is C21H28N4O. The van der Waals surface area contributed by atoms with Crippen molar-refractivity contribution in [2.75, 3.05) is 38.5 Å². The summed E-state index contributed by atoms with van der Waals surface area (Å²) in [6, 6.07) is 11.8. The number of pyridine rings is 1. The summed E-state index contributed by atoms with van der Waals surface area (Å²) in [5.74, 6) is 0. The maximum Gasteiger partial charge on any atom is 0.199 e. The lowest BCUT2D eigenvalue weighted by Crippen LogP contribution is -2.24. The van der Waals surface area contributed by atoms with E-state index in [0.29, 0.717) is 0 Å². The van der Waals surface area contributed by atoms with Crippen LogP contribution in [0.15, 0.2) is 41.2 Å². The molecule has 0 radical (unpaired) electrons. The van der Waals surface area contributed by atoms with Gasteiger partial charge in [-0.3, -0.25) is 4.79 Å². The third kappa shape index (κ3) is 3.89. The molecule has 1 heterocycles. The highest BCUT2D eigenvalue weighted by atomic mass is 16.1. The van der Waals surface area contributed by atoms with E-state index in [4.69, 9.17) is 5.73 Å². The number of hydrogen-bond acceptors (Lipinski definition) is 4. The fraction of sp³-hybridized carbons (Fsp3) is 0.381. The number of hydrogen-bond donors (Lipinski definition) is 3. The SMILES string of the molecule is Cc1ccc(NCCCN(C)CCCN)c2c(=O)c3ccccc3[nH]c12. The number of nitrogens with one attached hydrogen (secondary N) is 2. The number of aromatic amines is 1. The van der Waals surface area contributed by atoms with Gasteiger partial charge in [0, 0.05) is 23.1 Å². The smallest absolute Gasteiger partial charge is 0.199 e. The molecule has 2 aromatic carbocycles. The van der Waals surface area contributed by atoms with Crippen molar-refractivity contribution in [1.29, 1.82) is 0 Å². The van der Waals surface area contributed by atoms with Gasteiger partial charge in [-0.05, 0) is 70.2 Å². The highest BCUT2D eigenvalue weighted by Crippen LogP contribution is 2.24. The number of rotatable bonds is 8. The standard InChI is InChI=1S/C21H28N4O/c1-15-9-10-18(23-12-6-14-25(2)13-5-11-22)19-20(15)24-17-8-4-3-7-16(17)21(19)26/h3-4,7-10,23H,5-6,11-14,22H2,1-2H3,(H,24,26). The summed E-state index contributed by atoms with van der Waals surface area (Å²) in [4.78, 5) is 18.8. The third-order valence-electron chi connectivity index (χ3n) is 4.85. The Balaban J connectivity index is 1.82. The van der Waals surface area contributed by atoms with E-state index in [9.17, 15) is 4.79 Å². The van der Waals surface area contributed by atoms with E-state index >= 15 is 0 Å². The minimum atomic E-state index is 0.0839. The van der Waals surface area contributed by atoms with E-state index in [2.05, 4.69) is 28.3 Å². The molecule has 0 spiro atoms. The molecule has 0 saturated carbocycles. The fourth-order valence-electron chi connectivity index (χ4n) is 3.36. The first-order chi connectivity index (χ1) is 12.6. The molecule has 4 N–H and O–H groups in total. The second-order valence-corrected chi connectivity index (χ2v) is 6.91. The summed E-state index contributed by atoms with van der Waals surface area (Å²) in [5, 5.41) is 4.94. The lowest BCUT2D eigenvalue weighted by molar-refractivity contribution is 0.330. The summed E-state index contributed by atoms with van der Waals surface area (Å²) in [5.41, 5.74) is 9.42. The number of para-hydroxylation sites is 1. The van der Waals surface area contributed by atoms with Gasteiger partial charge >= 0.3 is 0 Å². The van der Waals surface area contributed by atoms with Gasteiger partial charge in [0.15, 0.2) is 5.43 Å². The highest BCUT2D eigenvalue weighted by molar-refractivity contribution is 6.00. The van der Waals surface area contributed by atoms with Gasteiger partial charge in [-0.2, -0.15) is 0 Å². The minimum Gasteiger partial charge on any atom is -0.384 e. The monoisotopic (exact) mass is 352 g/mol. The Morgan fingerprint density at radius 2 is 1.88 bits per heavy atom. The van der Waals surface area contributed by atoms with E-state index in [-0.39, 0.29) is 5.43 Å². The average Bonchev–Trinajstić information content (AvgIpc) is 2.65. The topological polar surface area (TPSA) is 74.2 Å². The molecule has 138 valence electrons. The van der Waals surface area contributed by atoms with Gasteiger partial charge < -0.3 is 20.9 Å². The first-order valence-corrected chi connectivity index (χ1v) is 9.28. The summed E-state index contributed by atoms with van der Waals surface area (Å²) in [6.07, 6.45) is 2.04. The zero-order valence-electron chi connectivity index (χ0n) is 15.6. The Bertz CT molecular complexity index is 948. The Morgan fingerprint density at radius 1 is 1.12 bits per heavy atom. The van der Waals surface area contributed by atoms with Crippen molar-refractivity contribution >= 4 is 27.5 Å². The summed E-state index contributed by atoms with van der Waals surface area (Å²) < 4.78 is 0. The van der Waals surface area contributed by atoms with E-state index in [0.717, 1.165) is 72.1 Å². The second-order valence-electron chi connectivity index (χ2n) is 6.91. The molecule has 0 aliphatic rings. The number of benzene rings is 2. The van der Waals surface area contributed by atoms with Crippen LogP contribution < -0.4 is 16.5 Å². The lowest BCUT2D eigenvalue weighted by Gasteiger charge is -2.17. The van der Waals surface area contributed by atoms with Gasteiger partial charge in [-0.25, -0.2) is 0 Å². The van der Waals surface area contributed by atoms with E-state index < -0.39 is 0 Å². The van der Waals surface area contributed by atoms with Crippen LogP contribution in [0.5, 0.6) is 0 Å². The van der Waals surface area contributed by atoms with Gasteiger partial charge in [-0.15, -0.1) is 0 Å². The van der Waals surface area contributed by atoms with Crippen molar-refractivity contribution in [1.82, 2.24) is 9.88 Å². The first-order valence-electron chi connectivity index (χ1n) is 9.28. The molecule has 5 heteroatoms. The van der Waals surface area contributed by atoms with Gasteiger partial charge in [-0.1, -0.05) is 18.2 Å². The molecule has 0 aliphatic carbocycles. The number of fused-ring (bicyclic) bond motifs is 2. The Morgan fingerprint density at radius 3 is 2.69 bits per heavy atom. The molecule has 5 nitrogen and oxygen atoms in total.